The molecule has 0 aromatic heterocycles. The van der Waals surface area contributed by atoms with Crippen molar-refractivity contribution in [3.05, 3.63) is 37.3 Å². The van der Waals surface area contributed by atoms with Gasteiger partial charge in [-0.2, -0.15) is 4.58 Å². The predicted octanol–water partition coefficient (Wildman–Crippen LogP) is 4.02. The van der Waals surface area contributed by atoms with Crippen LogP contribution in [-0.2, 0) is 0 Å². The van der Waals surface area contributed by atoms with E-state index in [2.05, 4.69) is 19.1 Å². The predicted molar refractivity (Wildman–Crippen MR) is 76.0 cm³/mol. The SMILES string of the molecule is CC.CC1=[N+](C)c2c(O)cccc2C=CC1.[CH3-].[Es]. The van der Waals surface area contributed by atoms with Crippen molar-refractivity contribution in [1.82, 2.24) is 0 Å². The number of aromatic hydroxyl groups is 1. The smallest absolute Gasteiger partial charge is 0.254 e. The Labute approximate surface area is 105 Å². The molecule has 1 heterocycles. The van der Waals surface area contributed by atoms with Crippen molar-refractivity contribution in [2.75, 3.05) is 7.05 Å². The van der Waals surface area contributed by atoms with Crippen LogP contribution in [0, 0.1) is 7.43 Å². The Bertz CT molecular complexity index is 436. The van der Waals surface area contributed by atoms with Crippen LogP contribution in [0.2, 0.25) is 0 Å². The molecule has 0 saturated heterocycles. The minimum absolute atomic E-state index is 0. The minimum atomic E-state index is 0. The molecule has 18 heavy (non-hydrogen) atoms. The summed E-state index contributed by atoms with van der Waals surface area (Å²) in [6, 6.07) is 5.61. The second-order valence-corrected chi connectivity index (χ2v) is 3.62. The van der Waals surface area contributed by atoms with Crippen LogP contribution in [0.1, 0.15) is 32.8 Å². The van der Waals surface area contributed by atoms with Gasteiger partial charge in [-0.15, -0.1) is 0 Å². The van der Waals surface area contributed by atoms with Gasteiger partial charge in [-0.3, -0.25) is 0 Å². The summed E-state index contributed by atoms with van der Waals surface area (Å²) in [5, 5.41) is 9.78. The first-order chi connectivity index (χ1) is 7.70. The topological polar surface area (TPSA) is 23.2 Å². The quantitative estimate of drug-likeness (QED) is 0.436. The molecule has 0 aliphatic carbocycles. The van der Waals surface area contributed by atoms with Crippen molar-refractivity contribution in [2.24, 2.45) is 0 Å². The number of hydrogen-bond acceptors (Lipinski definition) is 1. The molecule has 0 amide bonds. The number of fused-ring (bicyclic) bond motifs is 1. The van der Waals surface area contributed by atoms with Gasteiger partial charge in [-0.1, -0.05) is 32.1 Å². The third-order valence-corrected chi connectivity index (χ3v) is 2.66. The zero-order valence-corrected chi connectivity index (χ0v) is 14.3. The average Bonchev–Trinajstić information content (AvgIpc) is 2.44. The van der Waals surface area contributed by atoms with E-state index in [1.807, 2.05) is 37.6 Å². The van der Waals surface area contributed by atoms with E-state index in [0.717, 1.165) is 17.7 Å². The summed E-state index contributed by atoms with van der Waals surface area (Å²) in [6.45, 7) is 6.08. The molecule has 0 saturated carbocycles. The number of phenolic OH excluding ortho intramolecular Hbond substituents is 1. The number of hydrogen-bond donors (Lipinski definition) is 1. The maximum atomic E-state index is 9.78. The van der Waals surface area contributed by atoms with Gasteiger partial charge in [-0.05, 0) is 12.1 Å². The molecule has 0 spiro atoms. The molecule has 3 heteroatoms. The Morgan fingerprint density at radius 1 is 1.22 bits per heavy atom. The second kappa shape index (κ2) is 7.66. The van der Waals surface area contributed by atoms with E-state index in [-0.39, 0.29) is 7.43 Å². The third kappa shape index (κ3) is 3.21. The normalized spacial score (nSPS) is 12.2. The third-order valence-electron chi connectivity index (χ3n) is 2.66. The molecule has 1 aromatic rings. The summed E-state index contributed by atoms with van der Waals surface area (Å²) in [5.74, 6) is 0.343. The number of allylic oxidation sites excluding steroid dienone is 1. The van der Waals surface area contributed by atoms with Crippen LogP contribution in [0.25, 0.3) is 6.08 Å². The van der Waals surface area contributed by atoms with Crippen LogP contribution < -0.4 is 0 Å². The maximum absolute atomic E-state index is 9.78. The molecule has 105 valence electrons. The molecule has 1 aromatic carbocycles. The molecular weight excluding hydrogens is 462 g/mol. The van der Waals surface area contributed by atoms with Crippen LogP contribution in [0.15, 0.2) is 24.3 Å². The minimum Gasteiger partial charge on any atom is -0.502 e. The summed E-state index contributed by atoms with van der Waals surface area (Å²) in [5.41, 5.74) is 3.21. The number of para-hydroxylation sites is 1. The first-order valence-electron chi connectivity index (χ1n) is 5.75. The Hall–Kier alpha value is -2.57. The Morgan fingerprint density at radius 2 is 1.83 bits per heavy atom. The van der Waals surface area contributed by atoms with E-state index >= 15 is 0 Å². The Morgan fingerprint density at radius 3 is 2.44 bits per heavy atom. The second-order valence-electron chi connectivity index (χ2n) is 3.62. The van der Waals surface area contributed by atoms with E-state index in [1.165, 1.54) is 5.71 Å². The van der Waals surface area contributed by atoms with Crippen LogP contribution in [0.4, 0.5) is 5.69 Å². The first kappa shape index (κ1) is 17.8. The molecular formula is C15H23EsNO. The average molecular weight is 485 g/mol. The van der Waals surface area contributed by atoms with Crippen LogP contribution >= 0.6 is 0 Å². The van der Waals surface area contributed by atoms with Gasteiger partial charge >= 0.3 is 0 Å². The maximum Gasteiger partial charge on any atom is 0.254 e. The largest absolute Gasteiger partial charge is 0.502 e. The number of nitrogens with zero attached hydrogens (tertiary/aromatic N) is 1. The molecule has 2 nitrogen and oxygen atoms in total. The molecule has 1 aliphatic rings. The van der Waals surface area contributed by atoms with Crippen molar-refractivity contribution in [3.63, 3.8) is 0 Å². The van der Waals surface area contributed by atoms with Gasteiger partial charge in [0, 0.05) is 18.9 Å². The van der Waals surface area contributed by atoms with Crippen LogP contribution in [0.5, 0.6) is 5.75 Å². The molecule has 1 radical (unpaired) electrons. The first-order valence-corrected chi connectivity index (χ1v) is 5.75. The van der Waals surface area contributed by atoms with Crippen molar-refractivity contribution in [3.8, 4) is 5.75 Å². The van der Waals surface area contributed by atoms with E-state index in [9.17, 15) is 5.11 Å². The molecule has 0 fully saturated rings. The van der Waals surface area contributed by atoms with Gasteiger partial charge in [-0.25, -0.2) is 0 Å². The fourth-order valence-electron chi connectivity index (χ4n) is 1.73. The number of rotatable bonds is 0. The molecule has 1 aliphatic heterocycles. The summed E-state index contributed by atoms with van der Waals surface area (Å²) in [4.78, 5) is 0. The zero-order valence-electron chi connectivity index (χ0n) is 11.8. The zero-order chi connectivity index (χ0) is 12.1. The van der Waals surface area contributed by atoms with Gasteiger partial charge in [0.15, 0.2) is 11.5 Å². The van der Waals surface area contributed by atoms with E-state index < -0.39 is 0 Å². The van der Waals surface area contributed by atoms with Crippen LogP contribution in [-0.4, -0.2) is 22.4 Å². The summed E-state index contributed by atoms with van der Waals surface area (Å²) >= 11 is 0. The summed E-state index contributed by atoms with van der Waals surface area (Å²) < 4.78 is 2.05. The van der Waals surface area contributed by atoms with E-state index in [4.69, 9.17) is 0 Å². The monoisotopic (exact) mass is 485 g/mol. The Balaban J connectivity index is 0. The number of phenols is 1. The van der Waals surface area contributed by atoms with Gasteiger partial charge in [0.2, 0.25) is 0 Å². The van der Waals surface area contributed by atoms with Crippen molar-refractivity contribution in [2.45, 2.75) is 27.2 Å². The van der Waals surface area contributed by atoms with Crippen molar-refractivity contribution >= 4 is 17.5 Å². The van der Waals surface area contributed by atoms with Crippen molar-refractivity contribution in [1.29, 1.82) is 0 Å². The van der Waals surface area contributed by atoms with Gasteiger partial charge in [0.1, 0.15) is 7.05 Å². The summed E-state index contributed by atoms with van der Waals surface area (Å²) in [6.07, 6.45) is 5.11. The van der Waals surface area contributed by atoms with E-state index in [1.54, 1.807) is 6.07 Å². The fourth-order valence-corrected chi connectivity index (χ4v) is 1.73. The molecule has 0 bridgehead atoms. The fraction of sp³-hybridized carbons (Fsp3) is 0.333. The molecule has 1 N–H and O–H groups in total. The van der Waals surface area contributed by atoms with Crippen molar-refractivity contribution < 1.29 is 9.68 Å². The van der Waals surface area contributed by atoms with E-state index in [0.29, 0.717) is 5.75 Å². The summed E-state index contributed by atoms with van der Waals surface area (Å²) in [7, 11) is 1.99. The van der Waals surface area contributed by atoms with Gasteiger partial charge in [0.25, 0.3) is 5.69 Å². The van der Waals surface area contributed by atoms with Gasteiger partial charge in [0.05, 0.1) is 0 Å². The molecule has 0 unspecified atom stereocenters. The number of benzene rings is 1. The van der Waals surface area contributed by atoms with Crippen LogP contribution in [0.3, 0.4) is 0 Å². The molecule has 2 rings (SSSR count). The molecule has 0 atom stereocenters. The standard InChI is InChI=1S/C12H13NO.C2H6.CH3.Es/c1-9-5-3-6-10-7-4-8-11(14)12(10)13(9)2;1-2;;/h3-4,6-8H,5H2,1-2H3;1-2H3;1H3;/q;;-1;/p+1. The van der Waals surface area contributed by atoms with Gasteiger partial charge < -0.3 is 12.5 Å². The Kier molecular flexibility index (Phi) is 7.58.